The SMILES string of the molecule is CO/C([O-])=N\S(=O)(=O)c1ccc(N=NN(C)C)cc1.OCC[NH2+]CCO. The first-order chi connectivity index (χ1) is 12.3. The van der Waals surface area contributed by atoms with Crippen molar-refractivity contribution in [3.05, 3.63) is 24.3 Å². The molecule has 0 atom stereocenters. The van der Waals surface area contributed by atoms with Crippen molar-refractivity contribution in [3.8, 4) is 0 Å². The number of nitrogens with zero attached hydrogens (tertiary/aromatic N) is 4. The van der Waals surface area contributed by atoms with E-state index < -0.39 is 16.1 Å². The van der Waals surface area contributed by atoms with Crippen LogP contribution in [-0.4, -0.2) is 77.2 Å². The number of benzene rings is 1. The summed E-state index contributed by atoms with van der Waals surface area (Å²) in [6, 6.07) is 5.47. The number of sulfonamides is 1. The van der Waals surface area contributed by atoms with E-state index in [1.807, 2.05) is 5.32 Å². The second-order valence-corrected chi connectivity index (χ2v) is 6.48. The molecule has 148 valence electrons. The molecule has 4 N–H and O–H groups in total. The Balaban J connectivity index is 0.000000758. The third-order valence-electron chi connectivity index (χ3n) is 2.51. The van der Waals surface area contributed by atoms with Crippen molar-refractivity contribution in [2.45, 2.75) is 4.90 Å². The van der Waals surface area contributed by atoms with E-state index in [1.54, 1.807) is 14.1 Å². The van der Waals surface area contributed by atoms with E-state index in [0.29, 0.717) is 18.8 Å². The molecule has 0 saturated carbocycles. The van der Waals surface area contributed by atoms with Crippen LogP contribution in [0.3, 0.4) is 0 Å². The Morgan fingerprint density at radius 3 is 2.15 bits per heavy atom. The number of quaternary nitrogens is 1. The molecule has 0 aliphatic carbocycles. The van der Waals surface area contributed by atoms with E-state index >= 15 is 0 Å². The largest absolute Gasteiger partial charge is 0.603 e. The molecule has 1 aromatic rings. The summed E-state index contributed by atoms with van der Waals surface area (Å²) in [5, 5.41) is 38.2. The smallest absolute Gasteiger partial charge is 0.284 e. The summed E-state index contributed by atoms with van der Waals surface area (Å²) < 4.78 is 30.4. The minimum Gasteiger partial charge on any atom is -0.603 e. The van der Waals surface area contributed by atoms with Gasteiger partial charge in [0, 0.05) is 14.1 Å². The van der Waals surface area contributed by atoms with Crippen molar-refractivity contribution < 1.29 is 33.8 Å². The standard InChI is InChI=1S/C10H14N4O4S.C4H11NO2/c1-14(2)13-11-8-4-6-9(7-5-8)19(16,17)12-10(15)18-3;6-3-1-5-2-4-7/h4-7H,1-3H3,(H,12,15);5-7H,1-4H2. The van der Waals surface area contributed by atoms with Gasteiger partial charge in [-0.1, -0.05) is 5.22 Å². The van der Waals surface area contributed by atoms with Gasteiger partial charge in [-0.3, -0.25) is 5.01 Å². The summed E-state index contributed by atoms with van der Waals surface area (Å²) in [6.45, 7) is 1.78. The van der Waals surface area contributed by atoms with E-state index in [1.165, 1.54) is 29.3 Å². The van der Waals surface area contributed by atoms with Crippen molar-refractivity contribution in [3.63, 3.8) is 0 Å². The monoisotopic (exact) mass is 391 g/mol. The van der Waals surface area contributed by atoms with Gasteiger partial charge in [0.15, 0.2) is 6.08 Å². The average molecular weight is 391 g/mol. The summed E-state index contributed by atoms with van der Waals surface area (Å²) in [6.07, 6.45) is -1.17. The molecule has 1 rings (SSSR count). The van der Waals surface area contributed by atoms with Crippen molar-refractivity contribution in [1.29, 1.82) is 0 Å². The van der Waals surface area contributed by atoms with Gasteiger partial charge in [0.2, 0.25) is 0 Å². The molecule has 12 heteroatoms. The third-order valence-corrected chi connectivity index (χ3v) is 3.77. The minimum atomic E-state index is -4.05. The molecule has 26 heavy (non-hydrogen) atoms. The van der Waals surface area contributed by atoms with Crippen LogP contribution in [0.25, 0.3) is 0 Å². The molecule has 0 saturated heterocycles. The van der Waals surface area contributed by atoms with Crippen molar-refractivity contribution >= 4 is 21.8 Å². The fourth-order valence-electron chi connectivity index (χ4n) is 1.34. The number of hydrogen-bond donors (Lipinski definition) is 3. The van der Waals surface area contributed by atoms with Crippen LogP contribution in [0, 0.1) is 0 Å². The van der Waals surface area contributed by atoms with Crippen molar-refractivity contribution in [2.24, 2.45) is 14.7 Å². The van der Waals surface area contributed by atoms with Crippen LogP contribution >= 0.6 is 0 Å². The number of rotatable bonds is 8. The highest BCUT2D eigenvalue weighted by Crippen LogP contribution is 2.18. The van der Waals surface area contributed by atoms with Crippen molar-refractivity contribution in [1.82, 2.24) is 5.01 Å². The predicted molar refractivity (Wildman–Crippen MR) is 92.1 cm³/mol. The minimum absolute atomic E-state index is 0.123. The van der Waals surface area contributed by atoms with Gasteiger partial charge >= 0.3 is 0 Å². The summed E-state index contributed by atoms with van der Waals surface area (Å²) >= 11 is 0. The quantitative estimate of drug-likeness (QED) is 0.149. The van der Waals surface area contributed by atoms with E-state index in [4.69, 9.17) is 10.2 Å². The Morgan fingerprint density at radius 2 is 1.73 bits per heavy atom. The summed E-state index contributed by atoms with van der Waals surface area (Å²) in [5.74, 6) is 0. The normalized spacial score (nSPS) is 11.8. The number of hydrogen-bond acceptors (Lipinski definition) is 8. The number of nitrogens with two attached hydrogens (primary N) is 1. The van der Waals surface area contributed by atoms with Gasteiger partial charge in [-0.25, -0.2) is 0 Å². The van der Waals surface area contributed by atoms with Crippen LogP contribution < -0.4 is 10.4 Å². The van der Waals surface area contributed by atoms with Gasteiger partial charge in [0.25, 0.3) is 10.0 Å². The van der Waals surface area contributed by atoms with Crippen LogP contribution in [0.2, 0.25) is 0 Å². The summed E-state index contributed by atoms with van der Waals surface area (Å²) in [4.78, 5) is -0.123. The molecule has 0 aliphatic heterocycles. The molecule has 11 nitrogen and oxygen atoms in total. The van der Waals surface area contributed by atoms with Gasteiger partial charge < -0.3 is 25.4 Å². The van der Waals surface area contributed by atoms with E-state index in [2.05, 4.69) is 19.5 Å². The maximum absolute atomic E-state index is 11.6. The average Bonchev–Trinajstić information content (AvgIpc) is 2.61. The zero-order chi connectivity index (χ0) is 20.0. The molecule has 0 spiro atoms. The van der Waals surface area contributed by atoms with Crippen LogP contribution in [0.4, 0.5) is 5.69 Å². The second-order valence-electron chi connectivity index (χ2n) is 4.88. The lowest BCUT2D eigenvalue weighted by atomic mass is 10.3. The Bertz CT molecular complexity index is 657. The summed E-state index contributed by atoms with van der Waals surface area (Å²) in [7, 11) is 0.408. The fourth-order valence-corrected chi connectivity index (χ4v) is 2.20. The molecule has 1 aromatic carbocycles. The molecule has 0 bridgehead atoms. The first-order valence-electron chi connectivity index (χ1n) is 7.55. The number of aliphatic hydroxyl groups is 2. The molecule has 0 aromatic heterocycles. The van der Waals surface area contributed by atoms with Gasteiger partial charge in [0.05, 0.1) is 36.9 Å². The van der Waals surface area contributed by atoms with Crippen LogP contribution in [0.1, 0.15) is 0 Å². The van der Waals surface area contributed by atoms with Gasteiger partial charge in [-0.15, -0.1) is 9.51 Å². The first-order valence-corrected chi connectivity index (χ1v) is 8.99. The predicted octanol–water partition coefficient (Wildman–Crippen LogP) is -2.17. The summed E-state index contributed by atoms with van der Waals surface area (Å²) in [5.41, 5.74) is 0.478. The first kappa shape index (κ1) is 23.7. The third kappa shape index (κ3) is 10.6. The molecule has 0 heterocycles. The van der Waals surface area contributed by atoms with Crippen LogP contribution in [-0.2, 0) is 14.8 Å². The molecule has 0 amide bonds. The lowest BCUT2D eigenvalue weighted by Crippen LogP contribution is -2.85. The Kier molecular flexibility index (Phi) is 11.9. The molecule has 0 fully saturated rings. The fraction of sp³-hybridized carbons (Fsp3) is 0.500. The van der Waals surface area contributed by atoms with E-state index in [9.17, 15) is 13.5 Å². The maximum Gasteiger partial charge on any atom is 0.284 e. The number of aliphatic hydroxyl groups excluding tert-OH is 2. The number of ether oxygens (including phenoxy) is 1. The second kappa shape index (κ2) is 13.0. The Hall–Kier alpha value is -2.28. The molecule has 0 unspecified atom stereocenters. The van der Waals surface area contributed by atoms with Gasteiger partial charge in [-0.2, -0.15) is 8.42 Å². The van der Waals surface area contributed by atoms with Gasteiger partial charge in [-0.05, 0) is 31.4 Å². The Labute approximate surface area is 152 Å². The van der Waals surface area contributed by atoms with E-state index in [-0.39, 0.29) is 18.1 Å². The molecular weight excluding hydrogens is 366 g/mol. The zero-order valence-corrected chi connectivity index (χ0v) is 15.8. The lowest BCUT2D eigenvalue weighted by molar-refractivity contribution is -0.657. The highest BCUT2D eigenvalue weighted by molar-refractivity contribution is 7.90. The van der Waals surface area contributed by atoms with Crippen LogP contribution in [0.5, 0.6) is 0 Å². The molecule has 0 radical (unpaired) electrons. The van der Waals surface area contributed by atoms with Crippen molar-refractivity contribution in [2.75, 3.05) is 47.5 Å². The van der Waals surface area contributed by atoms with Gasteiger partial charge in [0.1, 0.15) is 0 Å². The molecule has 0 aliphatic rings. The number of methoxy groups -OCH3 is 1. The Morgan fingerprint density at radius 1 is 1.19 bits per heavy atom. The molecular formula is C14H25N5O6S. The zero-order valence-electron chi connectivity index (χ0n) is 14.9. The van der Waals surface area contributed by atoms with E-state index in [0.717, 1.165) is 7.11 Å². The maximum atomic E-state index is 11.6. The lowest BCUT2D eigenvalue weighted by Gasteiger charge is -2.06. The highest BCUT2D eigenvalue weighted by atomic mass is 32.2. The highest BCUT2D eigenvalue weighted by Gasteiger charge is 2.12. The topological polar surface area (TPSA) is 164 Å². The van der Waals surface area contributed by atoms with Crippen LogP contribution in [0.15, 0.2) is 43.9 Å².